The second-order valence-corrected chi connectivity index (χ2v) is 4.30. The van der Waals surface area contributed by atoms with Gasteiger partial charge in [0.15, 0.2) is 5.17 Å². The summed E-state index contributed by atoms with van der Waals surface area (Å²) in [5.74, 6) is -1.31. The molecular formula is C9H12F3N3S. The van der Waals surface area contributed by atoms with E-state index in [1.807, 2.05) is 0 Å². The summed E-state index contributed by atoms with van der Waals surface area (Å²) in [5, 5.41) is 8.80. The molecule has 1 saturated heterocycles. The van der Waals surface area contributed by atoms with Gasteiger partial charge >= 0.3 is 6.18 Å². The third-order valence-corrected chi connectivity index (χ3v) is 3.20. The number of alkyl halides is 3. The minimum atomic E-state index is -4.16. The number of aliphatic imine (C=N–C) groups is 1. The molecule has 0 aliphatic carbocycles. The molecule has 1 unspecified atom stereocenters. The van der Waals surface area contributed by atoms with Gasteiger partial charge in [-0.15, -0.1) is 4.99 Å². The van der Waals surface area contributed by atoms with Crippen LogP contribution in [-0.4, -0.2) is 35.6 Å². The van der Waals surface area contributed by atoms with E-state index in [2.05, 4.69) is 4.99 Å². The highest BCUT2D eigenvalue weighted by Gasteiger charge is 2.42. The zero-order valence-corrected chi connectivity index (χ0v) is 9.61. The van der Waals surface area contributed by atoms with Gasteiger partial charge in [0, 0.05) is 13.1 Å². The minimum Gasteiger partial charge on any atom is -0.350 e. The molecule has 16 heavy (non-hydrogen) atoms. The van der Waals surface area contributed by atoms with Gasteiger partial charge in [-0.2, -0.15) is 18.4 Å². The summed E-state index contributed by atoms with van der Waals surface area (Å²) in [6.45, 7) is 0.443. The van der Waals surface area contributed by atoms with E-state index in [-0.39, 0.29) is 13.0 Å². The molecule has 7 heteroatoms. The van der Waals surface area contributed by atoms with Gasteiger partial charge in [0.05, 0.1) is 5.92 Å². The van der Waals surface area contributed by atoms with Crippen LogP contribution in [0.15, 0.2) is 4.99 Å². The van der Waals surface area contributed by atoms with Gasteiger partial charge in [0.1, 0.15) is 0 Å². The lowest BCUT2D eigenvalue weighted by Gasteiger charge is -2.34. The number of likely N-dealkylation sites (tertiary alicyclic amines) is 1. The van der Waals surface area contributed by atoms with E-state index in [0.717, 1.165) is 0 Å². The fourth-order valence-electron chi connectivity index (χ4n) is 1.71. The Bertz CT molecular complexity index is 308. The summed E-state index contributed by atoms with van der Waals surface area (Å²) in [7, 11) is 0. The van der Waals surface area contributed by atoms with Crippen molar-refractivity contribution in [3.8, 4) is 6.19 Å². The molecule has 1 aliphatic rings. The molecule has 90 valence electrons. The monoisotopic (exact) mass is 251 g/mol. The first kappa shape index (κ1) is 13.2. The molecule has 0 spiro atoms. The third kappa shape index (κ3) is 3.30. The van der Waals surface area contributed by atoms with E-state index in [1.54, 1.807) is 12.4 Å². The molecule has 0 aromatic carbocycles. The van der Waals surface area contributed by atoms with Crippen LogP contribution in [0.1, 0.15) is 12.8 Å². The summed E-state index contributed by atoms with van der Waals surface area (Å²) >= 11 is 1.20. The first-order valence-electron chi connectivity index (χ1n) is 4.81. The SMILES string of the molecule is CSC(=NC#N)N1CCCC(C(F)(F)F)C1. The molecule has 1 heterocycles. The molecular weight excluding hydrogens is 239 g/mol. The van der Waals surface area contributed by atoms with E-state index >= 15 is 0 Å². The highest BCUT2D eigenvalue weighted by atomic mass is 32.2. The quantitative estimate of drug-likeness (QED) is 0.377. The number of nitrogens with zero attached hydrogens (tertiary/aromatic N) is 3. The summed E-state index contributed by atoms with van der Waals surface area (Å²) in [4.78, 5) is 5.06. The number of rotatable bonds is 0. The van der Waals surface area contributed by atoms with Crippen molar-refractivity contribution in [2.75, 3.05) is 19.3 Å². The second kappa shape index (κ2) is 5.43. The van der Waals surface area contributed by atoms with Crippen LogP contribution in [0.4, 0.5) is 13.2 Å². The molecule has 0 N–H and O–H groups in total. The lowest BCUT2D eigenvalue weighted by atomic mass is 9.98. The van der Waals surface area contributed by atoms with Gasteiger partial charge < -0.3 is 4.90 Å². The predicted octanol–water partition coefficient (Wildman–Crippen LogP) is 2.46. The molecule has 0 amide bonds. The van der Waals surface area contributed by atoms with Crippen LogP contribution < -0.4 is 0 Å². The number of thioether (sulfide) groups is 1. The van der Waals surface area contributed by atoms with Crippen LogP contribution in [0.5, 0.6) is 0 Å². The Hall–Kier alpha value is -0.900. The maximum Gasteiger partial charge on any atom is 0.393 e. The largest absolute Gasteiger partial charge is 0.393 e. The van der Waals surface area contributed by atoms with E-state index in [0.29, 0.717) is 18.1 Å². The van der Waals surface area contributed by atoms with Gasteiger partial charge in [0.2, 0.25) is 6.19 Å². The average molecular weight is 251 g/mol. The van der Waals surface area contributed by atoms with E-state index in [9.17, 15) is 13.2 Å². The summed E-state index contributed by atoms with van der Waals surface area (Å²) in [5.41, 5.74) is 0. The standard InChI is InChI=1S/C9H12F3N3S/c1-16-8(14-6-13)15-4-2-3-7(5-15)9(10,11)12/h7H,2-5H2,1H3. The Morgan fingerprint density at radius 2 is 2.25 bits per heavy atom. The smallest absolute Gasteiger partial charge is 0.350 e. The van der Waals surface area contributed by atoms with Crippen LogP contribution in [0, 0.1) is 17.4 Å². The molecule has 0 aromatic rings. The van der Waals surface area contributed by atoms with Gasteiger partial charge in [0.25, 0.3) is 0 Å². The first-order chi connectivity index (χ1) is 7.49. The van der Waals surface area contributed by atoms with Crippen molar-refractivity contribution in [2.24, 2.45) is 10.9 Å². The van der Waals surface area contributed by atoms with Crippen molar-refractivity contribution in [3.05, 3.63) is 0 Å². The summed E-state index contributed by atoms with van der Waals surface area (Å²) in [6, 6.07) is 0. The molecule has 0 saturated carbocycles. The first-order valence-corrected chi connectivity index (χ1v) is 6.04. The van der Waals surface area contributed by atoms with Gasteiger partial charge in [-0.05, 0) is 19.1 Å². The maximum absolute atomic E-state index is 12.5. The molecule has 1 rings (SSSR count). The van der Waals surface area contributed by atoms with Gasteiger partial charge in [-0.25, -0.2) is 0 Å². The van der Waals surface area contributed by atoms with Gasteiger partial charge in [-0.1, -0.05) is 11.8 Å². The number of piperidine rings is 1. The van der Waals surface area contributed by atoms with Crippen molar-refractivity contribution in [3.63, 3.8) is 0 Å². The number of hydrogen-bond acceptors (Lipinski definition) is 3. The second-order valence-electron chi connectivity index (χ2n) is 3.53. The van der Waals surface area contributed by atoms with E-state index in [1.165, 1.54) is 16.7 Å². The number of nitriles is 1. The molecule has 0 bridgehead atoms. The maximum atomic E-state index is 12.5. The van der Waals surface area contributed by atoms with Gasteiger partial charge in [-0.3, -0.25) is 0 Å². The summed E-state index contributed by atoms with van der Waals surface area (Å²) in [6.07, 6.45) is -0.200. The number of halogens is 3. The third-order valence-electron chi connectivity index (χ3n) is 2.48. The predicted molar refractivity (Wildman–Crippen MR) is 56.9 cm³/mol. The lowest BCUT2D eigenvalue weighted by molar-refractivity contribution is -0.183. The normalized spacial score (nSPS) is 23.1. The zero-order chi connectivity index (χ0) is 12.2. The average Bonchev–Trinajstić information content (AvgIpc) is 2.25. The van der Waals surface area contributed by atoms with E-state index < -0.39 is 12.1 Å². The van der Waals surface area contributed by atoms with Crippen LogP contribution in [-0.2, 0) is 0 Å². The minimum absolute atomic E-state index is 0.0924. The molecule has 0 aromatic heterocycles. The van der Waals surface area contributed by atoms with Crippen LogP contribution in [0.2, 0.25) is 0 Å². The summed E-state index contributed by atoms with van der Waals surface area (Å²) < 4.78 is 37.6. The van der Waals surface area contributed by atoms with Crippen molar-refractivity contribution >= 4 is 16.9 Å². The lowest BCUT2D eigenvalue weighted by Crippen LogP contribution is -2.43. The molecule has 1 fully saturated rings. The van der Waals surface area contributed by atoms with Crippen molar-refractivity contribution in [1.29, 1.82) is 5.26 Å². The molecule has 1 atom stereocenters. The van der Waals surface area contributed by atoms with E-state index in [4.69, 9.17) is 5.26 Å². The Labute approximate surface area is 96.3 Å². The Morgan fingerprint density at radius 1 is 1.56 bits per heavy atom. The van der Waals surface area contributed by atoms with Crippen LogP contribution >= 0.6 is 11.8 Å². The topological polar surface area (TPSA) is 39.4 Å². The van der Waals surface area contributed by atoms with Crippen LogP contribution in [0.25, 0.3) is 0 Å². The van der Waals surface area contributed by atoms with Crippen LogP contribution in [0.3, 0.4) is 0 Å². The highest BCUT2D eigenvalue weighted by molar-refractivity contribution is 8.13. The van der Waals surface area contributed by atoms with Crippen molar-refractivity contribution < 1.29 is 13.2 Å². The number of amidine groups is 1. The Kier molecular flexibility index (Phi) is 4.47. The van der Waals surface area contributed by atoms with Crippen molar-refractivity contribution in [1.82, 2.24) is 4.90 Å². The zero-order valence-electron chi connectivity index (χ0n) is 8.79. The van der Waals surface area contributed by atoms with Crippen molar-refractivity contribution in [2.45, 2.75) is 19.0 Å². The number of hydrogen-bond donors (Lipinski definition) is 0. The highest BCUT2D eigenvalue weighted by Crippen LogP contribution is 2.33. The Balaban J connectivity index is 2.71. The molecule has 3 nitrogen and oxygen atoms in total. The fourth-order valence-corrected chi connectivity index (χ4v) is 2.26. The molecule has 0 radical (unpaired) electrons. The Morgan fingerprint density at radius 3 is 2.75 bits per heavy atom. The fraction of sp³-hybridized carbons (Fsp3) is 0.778. The molecule has 1 aliphatic heterocycles.